The van der Waals surface area contributed by atoms with Gasteiger partial charge in [0.15, 0.2) is 0 Å². The molecule has 0 bridgehead atoms. The summed E-state index contributed by atoms with van der Waals surface area (Å²) in [6.45, 7) is 2.05. The van der Waals surface area contributed by atoms with E-state index in [0.717, 1.165) is 38.1 Å². The lowest BCUT2D eigenvalue weighted by atomic mass is 9.86. The third-order valence-corrected chi connectivity index (χ3v) is 5.96. The molecule has 1 aromatic carbocycles. The van der Waals surface area contributed by atoms with E-state index >= 15 is 0 Å². The number of nitrogens with zero attached hydrogens (tertiary/aromatic N) is 3. The maximum absolute atomic E-state index is 5.90. The van der Waals surface area contributed by atoms with Crippen molar-refractivity contribution in [2.24, 2.45) is 5.16 Å². The van der Waals surface area contributed by atoms with Crippen molar-refractivity contribution >= 4 is 16.6 Å². The number of benzene rings is 1. The average molecular weight is 324 g/mol. The molecule has 1 N–H and O–H groups in total. The molecule has 126 valence electrons. The van der Waals surface area contributed by atoms with Gasteiger partial charge < -0.3 is 10.2 Å². The van der Waals surface area contributed by atoms with Crippen molar-refractivity contribution in [2.75, 3.05) is 13.1 Å². The van der Waals surface area contributed by atoms with Crippen molar-refractivity contribution < 1.29 is 4.84 Å². The van der Waals surface area contributed by atoms with Crippen molar-refractivity contribution in [3.8, 4) is 0 Å². The molecule has 2 aromatic rings. The smallest absolute Gasteiger partial charge is 0.145 e. The van der Waals surface area contributed by atoms with Gasteiger partial charge in [-0.15, -0.1) is 0 Å². The van der Waals surface area contributed by atoms with Crippen LogP contribution >= 0.6 is 0 Å². The lowest BCUT2D eigenvalue weighted by molar-refractivity contribution is -0.0400. The Morgan fingerprint density at radius 1 is 1.17 bits per heavy atom. The Morgan fingerprint density at radius 2 is 2.00 bits per heavy atom. The highest BCUT2D eigenvalue weighted by atomic mass is 16.7. The van der Waals surface area contributed by atoms with E-state index in [1.165, 1.54) is 42.1 Å². The van der Waals surface area contributed by atoms with Gasteiger partial charge in [-0.05, 0) is 32.0 Å². The number of rotatable bonds is 2. The van der Waals surface area contributed by atoms with Gasteiger partial charge in [-0.3, -0.25) is 4.68 Å². The predicted octanol–water partition coefficient (Wildman–Crippen LogP) is 3.40. The summed E-state index contributed by atoms with van der Waals surface area (Å²) in [5.74, 6) is 0. The van der Waals surface area contributed by atoms with Gasteiger partial charge in [0.25, 0.3) is 0 Å². The minimum atomic E-state index is -0.0682. The van der Waals surface area contributed by atoms with E-state index < -0.39 is 0 Å². The fourth-order valence-corrected chi connectivity index (χ4v) is 4.48. The van der Waals surface area contributed by atoms with Gasteiger partial charge in [0.05, 0.1) is 23.5 Å². The van der Waals surface area contributed by atoms with Crippen molar-refractivity contribution in [1.29, 1.82) is 0 Å². The van der Waals surface area contributed by atoms with Crippen LogP contribution in [0.1, 0.15) is 56.6 Å². The first-order valence-electron chi connectivity index (χ1n) is 9.26. The van der Waals surface area contributed by atoms with Gasteiger partial charge in [-0.1, -0.05) is 30.1 Å². The summed E-state index contributed by atoms with van der Waals surface area (Å²) in [5.41, 5.74) is 3.46. The molecule has 2 aliphatic heterocycles. The highest BCUT2D eigenvalue weighted by molar-refractivity contribution is 6.04. The summed E-state index contributed by atoms with van der Waals surface area (Å²) in [6.07, 6.45) is 10.2. The van der Waals surface area contributed by atoms with Crippen LogP contribution in [0.3, 0.4) is 0 Å². The summed E-state index contributed by atoms with van der Waals surface area (Å²) in [6, 6.07) is 7.18. The number of fused-ring (bicyclic) bond motifs is 1. The largest absolute Gasteiger partial charge is 0.388 e. The zero-order valence-electron chi connectivity index (χ0n) is 14.0. The molecular weight excluding hydrogens is 300 g/mol. The second-order valence-electron chi connectivity index (χ2n) is 7.54. The second kappa shape index (κ2) is 5.59. The number of piperidine rings is 1. The highest BCUT2D eigenvalue weighted by Gasteiger charge is 2.40. The SMILES string of the molecule is c1cc2cnn(C3CCCC3)c2cc1C1=NOC2(CCNCC2)C1. The fraction of sp³-hybridized carbons (Fsp3) is 0.579. The Bertz CT molecular complexity index is 782. The molecule has 0 atom stereocenters. The lowest BCUT2D eigenvalue weighted by Crippen LogP contribution is -2.42. The van der Waals surface area contributed by atoms with Crippen LogP contribution in [0.4, 0.5) is 0 Å². The zero-order chi connectivity index (χ0) is 16.0. The van der Waals surface area contributed by atoms with Gasteiger partial charge in [0.2, 0.25) is 0 Å². The molecule has 3 heterocycles. The van der Waals surface area contributed by atoms with E-state index in [1.807, 2.05) is 6.20 Å². The molecule has 1 saturated heterocycles. The van der Waals surface area contributed by atoms with Gasteiger partial charge in [-0.2, -0.15) is 5.10 Å². The molecule has 1 saturated carbocycles. The molecule has 0 radical (unpaired) electrons. The van der Waals surface area contributed by atoms with E-state index in [2.05, 4.69) is 38.5 Å². The second-order valence-corrected chi connectivity index (χ2v) is 7.54. The standard InChI is InChI=1S/C19H24N4O/c1-2-4-16(3-1)23-18-11-14(5-6-15(18)13-21-23)17-12-19(24-22-17)7-9-20-10-8-19/h5-6,11,13,16,20H,1-4,7-10,12H2. The first kappa shape index (κ1) is 14.5. The summed E-state index contributed by atoms with van der Waals surface area (Å²) in [7, 11) is 0. The van der Waals surface area contributed by atoms with Crippen molar-refractivity contribution in [3.63, 3.8) is 0 Å². The quantitative estimate of drug-likeness (QED) is 0.921. The van der Waals surface area contributed by atoms with Crippen molar-refractivity contribution in [1.82, 2.24) is 15.1 Å². The minimum absolute atomic E-state index is 0.0682. The third kappa shape index (κ3) is 2.34. The number of hydrogen-bond donors (Lipinski definition) is 1. The number of nitrogens with one attached hydrogen (secondary N) is 1. The fourth-order valence-electron chi connectivity index (χ4n) is 4.48. The van der Waals surface area contributed by atoms with Crippen LogP contribution in [-0.2, 0) is 4.84 Å². The number of aromatic nitrogens is 2. The van der Waals surface area contributed by atoms with Gasteiger partial charge in [0, 0.05) is 30.2 Å². The van der Waals surface area contributed by atoms with Crippen LogP contribution in [0.15, 0.2) is 29.6 Å². The van der Waals surface area contributed by atoms with E-state index in [4.69, 9.17) is 4.84 Å². The molecule has 24 heavy (non-hydrogen) atoms. The van der Waals surface area contributed by atoms with Crippen LogP contribution in [0.5, 0.6) is 0 Å². The molecule has 2 fully saturated rings. The topological polar surface area (TPSA) is 51.4 Å². The first-order chi connectivity index (χ1) is 11.8. The van der Waals surface area contributed by atoms with E-state index in [9.17, 15) is 0 Å². The van der Waals surface area contributed by atoms with E-state index in [0.29, 0.717) is 6.04 Å². The van der Waals surface area contributed by atoms with Crippen LogP contribution in [0, 0.1) is 0 Å². The van der Waals surface area contributed by atoms with Crippen molar-refractivity contribution in [2.45, 2.75) is 56.6 Å². The summed E-state index contributed by atoms with van der Waals surface area (Å²) in [5, 5.41) is 13.8. The molecule has 1 aromatic heterocycles. The maximum Gasteiger partial charge on any atom is 0.145 e. The Hall–Kier alpha value is -1.88. The molecule has 0 unspecified atom stereocenters. The summed E-state index contributed by atoms with van der Waals surface area (Å²) >= 11 is 0. The summed E-state index contributed by atoms with van der Waals surface area (Å²) < 4.78 is 2.24. The lowest BCUT2D eigenvalue weighted by Gasteiger charge is -2.30. The Morgan fingerprint density at radius 3 is 2.83 bits per heavy atom. The maximum atomic E-state index is 5.90. The molecule has 0 amide bonds. The monoisotopic (exact) mass is 324 g/mol. The minimum Gasteiger partial charge on any atom is -0.388 e. The molecule has 5 heteroatoms. The summed E-state index contributed by atoms with van der Waals surface area (Å²) in [4.78, 5) is 5.90. The molecule has 3 aliphatic rings. The highest BCUT2D eigenvalue weighted by Crippen LogP contribution is 2.36. The zero-order valence-corrected chi connectivity index (χ0v) is 14.0. The Labute approximate surface area is 142 Å². The Balaban J connectivity index is 1.46. The molecule has 5 rings (SSSR count). The number of oxime groups is 1. The third-order valence-electron chi connectivity index (χ3n) is 5.96. The van der Waals surface area contributed by atoms with Crippen LogP contribution in [-0.4, -0.2) is 34.2 Å². The van der Waals surface area contributed by atoms with E-state index in [-0.39, 0.29) is 5.60 Å². The van der Waals surface area contributed by atoms with Gasteiger partial charge in [0.1, 0.15) is 5.60 Å². The van der Waals surface area contributed by atoms with E-state index in [1.54, 1.807) is 0 Å². The number of hydrogen-bond acceptors (Lipinski definition) is 4. The van der Waals surface area contributed by atoms with Gasteiger partial charge in [-0.25, -0.2) is 0 Å². The molecule has 1 aliphatic carbocycles. The van der Waals surface area contributed by atoms with Crippen LogP contribution in [0.2, 0.25) is 0 Å². The molecule has 1 spiro atoms. The van der Waals surface area contributed by atoms with Crippen LogP contribution < -0.4 is 5.32 Å². The predicted molar refractivity (Wildman–Crippen MR) is 94.3 cm³/mol. The van der Waals surface area contributed by atoms with Crippen LogP contribution in [0.25, 0.3) is 10.9 Å². The average Bonchev–Trinajstić information content (AvgIpc) is 3.34. The van der Waals surface area contributed by atoms with Crippen molar-refractivity contribution in [3.05, 3.63) is 30.0 Å². The molecule has 5 nitrogen and oxygen atoms in total. The first-order valence-corrected chi connectivity index (χ1v) is 9.26. The Kier molecular flexibility index (Phi) is 3.37. The van der Waals surface area contributed by atoms with Gasteiger partial charge >= 0.3 is 0 Å². The molecular formula is C19H24N4O. The normalized spacial score (nSPS) is 23.8.